The maximum atomic E-state index is 5.75. The van der Waals surface area contributed by atoms with E-state index < -0.39 is 0 Å². The molecule has 12 heavy (non-hydrogen) atoms. The number of hydrogen-bond acceptors (Lipinski definition) is 3. The zero-order chi connectivity index (χ0) is 8.55. The van der Waals surface area contributed by atoms with Gasteiger partial charge in [-0.25, -0.2) is 9.97 Å². The van der Waals surface area contributed by atoms with Crippen molar-refractivity contribution in [2.75, 3.05) is 0 Å². The van der Waals surface area contributed by atoms with Gasteiger partial charge in [-0.05, 0) is 0 Å². The highest BCUT2D eigenvalue weighted by atomic mass is 35.5. The van der Waals surface area contributed by atoms with Crippen LogP contribution < -0.4 is 5.73 Å². The second kappa shape index (κ2) is 2.73. The minimum Gasteiger partial charge on any atom is -0.325 e. The van der Waals surface area contributed by atoms with Crippen LogP contribution in [0.25, 0.3) is 5.78 Å². The van der Waals surface area contributed by atoms with E-state index in [-0.39, 0.29) is 0 Å². The summed E-state index contributed by atoms with van der Waals surface area (Å²) in [6.45, 7) is 0.434. The van der Waals surface area contributed by atoms with E-state index in [9.17, 15) is 0 Å². The van der Waals surface area contributed by atoms with Gasteiger partial charge in [0.1, 0.15) is 0 Å². The molecular formula is C7H7ClN4. The molecule has 2 aromatic rings. The Balaban J connectivity index is 2.75. The summed E-state index contributed by atoms with van der Waals surface area (Å²) >= 11 is 5.75. The van der Waals surface area contributed by atoms with Crippen LogP contribution in [-0.2, 0) is 6.54 Å². The molecule has 2 N–H and O–H groups in total. The molecule has 0 fully saturated rings. The Hall–Kier alpha value is -1.13. The SMILES string of the molecule is NCc1cnc2ncc(Cl)cn12. The molecule has 0 bridgehead atoms. The van der Waals surface area contributed by atoms with Crippen molar-refractivity contribution in [3.8, 4) is 0 Å². The average molecular weight is 183 g/mol. The van der Waals surface area contributed by atoms with Crippen LogP contribution in [0.3, 0.4) is 0 Å². The molecule has 0 spiro atoms. The largest absolute Gasteiger partial charge is 0.325 e. The van der Waals surface area contributed by atoms with Crippen molar-refractivity contribution < 1.29 is 0 Å². The number of aromatic nitrogens is 3. The number of nitrogens with zero attached hydrogens (tertiary/aromatic N) is 3. The third kappa shape index (κ3) is 1.05. The Morgan fingerprint density at radius 2 is 2.17 bits per heavy atom. The van der Waals surface area contributed by atoms with E-state index in [1.165, 1.54) is 0 Å². The van der Waals surface area contributed by atoms with E-state index in [2.05, 4.69) is 9.97 Å². The van der Waals surface area contributed by atoms with Crippen LogP contribution in [0.5, 0.6) is 0 Å². The topological polar surface area (TPSA) is 56.2 Å². The van der Waals surface area contributed by atoms with Crippen molar-refractivity contribution in [1.82, 2.24) is 14.4 Å². The van der Waals surface area contributed by atoms with Gasteiger partial charge >= 0.3 is 0 Å². The normalized spacial score (nSPS) is 10.8. The fraction of sp³-hybridized carbons (Fsp3) is 0.143. The number of nitrogens with two attached hydrogens (primary N) is 1. The molecule has 0 aliphatic rings. The lowest BCUT2D eigenvalue weighted by Crippen LogP contribution is -2.00. The fourth-order valence-electron chi connectivity index (χ4n) is 1.05. The molecule has 2 rings (SSSR count). The van der Waals surface area contributed by atoms with E-state index >= 15 is 0 Å². The first-order chi connectivity index (χ1) is 5.81. The highest BCUT2D eigenvalue weighted by Gasteiger charge is 2.01. The Bertz CT molecular complexity index is 409. The number of fused-ring (bicyclic) bond motifs is 1. The molecule has 0 aliphatic carbocycles. The summed E-state index contributed by atoms with van der Waals surface area (Å²) in [6, 6.07) is 0. The number of rotatable bonds is 1. The summed E-state index contributed by atoms with van der Waals surface area (Å²) in [5.41, 5.74) is 6.38. The Labute approximate surface area is 74.0 Å². The summed E-state index contributed by atoms with van der Waals surface area (Å²) in [7, 11) is 0. The summed E-state index contributed by atoms with van der Waals surface area (Å²) in [6.07, 6.45) is 5.00. The van der Waals surface area contributed by atoms with E-state index in [4.69, 9.17) is 17.3 Å². The van der Waals surface area contributed by atoms with E-state index in [0.717, 1.165) is 5.69 Å². The second-order valence-corrected chi connectivity index (χ2v) is 2.83. The molecule has 0 aliphatic heterocycles. The first kappa shape index (κ1) is 7.52. The van der Waals surface area contributed by atoms with Crippen LogP contribution in [0, 0.1) is 0 Å². The van der Waals surface area contributed by atoms with Crippen molar-refractivity contribution >= 4 is 17.4 Å². The molecule has 0 saturated heterocycles. The molecule has 0 atom stereocenters. The summed E-state index contributed by atoms with van der Waals surface area (Å²) in [5, 5.41) is 0.579. The van der Waals surface area contributed by atoms with Gasteiger partial charge in [0.15, 0.2) is 0 Å². The van der Waals surface area contributed by atoms with Crippen LogP contribution in [0.2, 0.25) is 5.02 Å². The van der Waals surface area contributed by atoms with E-state index in [0.29, 0.717) is 17.3 Å². The van der Waals surface area contributed by atoms with Crippen molar-refractivity contribution in [3.63, 3.8) is 0 Å². The Morgan fingerprint density at radius 3 is 2.92 bits per heavy atom. The van der Waals surface area contributed by atoms with Gasteiger partial charge < -0.3 is 5.73 Å². The molecule has 5 heteroatoms. The van der Waals surface area contributed by atoms with Crippen LogP contribution in [0.1, 0.15) is 5.69 Å². The van der Waals surface area contributed by atoms with Gasteiger partial charge in [-0.15, -0.1) is 0 Å². The van der Waals surface area contributed by atoms with E-state index in [1.807, 2.05) is 0 Å². The quantitative estimate of drug-likeness (QED) is 0.711. The molecule has 2 heterocycles. The van der Waals surface area contributed by atoms with Gasteiger partial charge in [0.2, 0.25) is 5.78 Å². The molecule has 4 nitrogen and oxygen atoms in total. The number of imidazole rings is 1. The predicted octanol–water partition coefficient (Wildman–Crippen LogP) is 0.841. The van der Waals surface area contributed by atoms with Crippen LogP contribution in [0.4, 0.5) is 0 Å². The van der Waals surface area contributed by atoms with Gasteiger partial charge in [-0.2, -0.15) is 0 Å². The summed E-state index contributed by atoms with van der Waals surface area (Å²) in [4.78, 5) is 8.06. The standard InChI is InChI=1S/C7H7ClN4/c8-5-2-10-7-11-3-6(1-9)12(7)4-5/h2-4H,1,9H2. The molecule has 0 saturated carbocycles. The first-order valence-electron chi connectivity index (χ1n) is 3.49. The van der Waals surface area contributed by atoms with Crippen LogP contribution >= 0.6 is 11.6 Å². The Kier molecular flexibility index (Phi) is 1.71. The lowest BCUT2D eigenvalue weighted by Gasteiger charge is -1.96. The maximum Gasteiger partial charge on any atom is 0.234 e. The van der Waals surface area contributed by atoms with Crippen LogP contribution in [0.15, 0.2) is 18.6 Å². The highest BCUT2D eigenvalue weighted by Crippen LogP contribution is 2.09. The molecule has 62 valence electrons. The smallest absolute Gasteiger partial charge is 0.234 e. The highest BCUT2D eigenvalue weighted by molar-refractivity contribution is 6.30. The molecule has 0 unspecified atom stereocenters. The molecular weight excluding hydrogens is 176 g/mol. The van der Waals surface area contributed by atoms with Crippen LogP contribution in [-0.4, -0.2) is 14.4 Å². The van der Waals surface area contributed by atoms with Crippen molar-refractivity contribution in [1.29, 1.82) is 0 Å². The minimum atomic E-state index is 0.434. The third-order valence-corrected chi connectivity index (χ3v) is 1.81. The lowest BCUT2D eigenvalue weighted by atomic mass is 10.5. The lowest BCUT2D eigenvalue weighted by molar-refractivity contribution is 0.947. The first-order valence-corrected chi connectivity index (χ1v) is 3.86. The molecule has 0 aromatic carbocycles. The van der Waals surface area contributed by atoms with Crippen molar-refractivity contribution in [3.05, 3.63) is 29.3 Å². The van der Waals surface area contributed by atoms with Gasteiger partial charge in [-0.3, -0.25) is 4.40 Å². The zero-order valence-electron chi connectivity index (χ0n) is 6.24. The van der Waals surface area contributed by atoms with Gasteiger partial charge in [0.25, 0.3) is 0 Å². The third-order valence-electron chi connectivity index (χ3n) is 1.62. The predicted molar refractivity (Wildman–Crippen MR) is 45.9 cm³/mol. The molecule has 2 aromatic heterocycles. The van der Waals surface area contributed by atoms with E-state index in [1.54, 1.807) is 23.0 Å². The molecule has 0 radical (unpaired) electrons. The minimum absolute atomic E-state index is 0.434. The van der Waals surface area contributed by atoms with Gasteiger partial charge in [0, 0.05) is 12.7 Å². The van der Waals surface area contributed by atoms with Crippen molar-refractivity contribution in [2.45, 2.75) is 6.54 Å². The summed E-state index contributed by atoms with van der Waals surface area (Å²) < 4.78 is 1.78. The number of hydrogen-bond donors (Lipinski definition) is 1. The average Bonchev–Trinajstić information content (AvgIpc) is 2.46. The Morgan fingerprint density at radius 1 is 1.42 bits per heavy atom. The monoisotopic (exact) mass is 182 g/mol. The zero-order valence-corrected chi connectivity index (χ0v) is 6.99. The number of halogens is 1. The van der Waals surface area contributed by atoms with Crippen molar-refractivity contribution in [2.24, 2.45) is 5.73 Å². The fourth-order valence-corrected chi connectivity index (χ4v) is 1.19. The maximum absolute atomic E-state index is 5.75. The van der Waals surface area contributed by atoms with Gasteiger partial charge in [-0.1, -0.05) is 11.6 Å². The molecule has 0 amide bonds. The second-order valence-electron chi connectivity index (χ2n) is 2.40. The summed E-state index contributed by atoms with van der Waals surface area (Å²) in [5.74, 6) is 0.625. The van der Waals surface area contributed by atoms with Gasteiger partial charge in [0.05, 0.1) is 23.1 Å².